The molecule has 9 atom stereocenters. The molecule has 31 heteroatoms. The first kappa shape index (κ1) is 37.8. The van der Waals surface area contributed by atoms with Gasteiger partial charge in [0.1, 0.15) is 36.6 Å². The zero-order chi connectivity index (χ0) is 33.3. The lowest BCUT2D eigenvalue weighted by atomic mass is 9.98. The van der Waals surface area contributed by atoms with E-state index in [-0.39, 0.29) is 0 Å². The number of aliphatic carboxylic acids is 1. The van der Waals surface area contributed by atoms with Gasteiger partial charge >= 0.3 is 58.0 Å². The van der Waals surface area contributed by atoms with Crippen molar-refractivity contribution in [3.8, 4) is 0 Å². The van der Waals surface area contributed by atoms with Gasteiger partial charge in [0.25, 0.3) is 0 Å². The molecule has 0 amide bonds. The molecule has 26 nitrogen and oxygen atoms in total. The summed E-state index contributed by atoms with van der Waals surface area (Å²) in [4.78, 5) is 11.7. The van der Waals surface area contributed by atoms with Gasteiger partial charge in [0.15, 0.2) is 18.5 Å². The van der Waals surface area contributed by atoms with Crippen LogP contribution in [-0.4, -0.2) is 149 Å². The number of rotatable bonds is 15. The van der Waals surface area contributed by atoms with Gasteiger partial charge in [0, 0.05) is 0 Å². The van der Waals surface area contributed by atoms with Crippen LogP contribution in [0.25, 0.3) is 0 Å². The van der Waals surface area contributed by atoms with Crippen LogP contribution in [0.2, 0.25) is 0 Å². The molecule has 0 aromatic rings. The fourth-order valence-corrected chi connectivity index (χ4v) is 5.69. The highest BCUT2D eigenvalue weighted by atomic mass is 32.3. The lowest BCUT2D eigenvalue weighted by Gasteiger charge is -2.42. The minimum absolute atomic E-state index is 1.43. The van der Waals surface area contributed by atoms with Gasteiger partial charge in [-0.2, -0.15) is 42.1 Å². The largest absolute Gasteiger partial charge is 0.479 e. The van der Waals surface area contributed by atoms with E-state index in [1.807, 2.05) is 0 Å². The van der Waals surface area contributed by atoms with Crippen molar-refractivity contribution in [1.82, 2.24) is 0 Å². The third kappa shape index (κ3) is 12.5. The van der Waals surface area contributed by atoms with Crippen molar-refractivity contribution in [2.24, 2.45) is 0 Å². The molecule has 0 spiro atoms. The zero-order valence-electron chi connectivity index (χ0n) is 20.0. The predicted octanol–water partition coefficient (Wildman–Crippen LogP) is -5.49. The molecular weight excluding hydrogens is 720 g/mol. The Labute approximate surface area is 241 Å². The standard InChI is InChI=1S/C12H20O26S5/c13-5-8(37-42(25,26)27)10(11(14)15)35-12(9(5)38-43(28,29)30)34-6-3(1-31-39(16,17)18)33-4(2-32-40(19,20)21)7(6)36-41(22,23)24/h3-10,12-13H,1-2H2,(H,14,15)(H,16,17,18)(H,19,20,21)(H,22,23,24)(H,25,26,27)(H,28,29,30). The van der Waals surface area contributed by atoms with Crippen molar-refractivity contribution in [3.63, 3.8) is 0 Å². The Hall–Kier alpha value is -1.34. The minimum Gasteiger partial charge on any atom is -0.479 e. The summed E-state index contributed by atoms with van der Waals surface area (Å²) < 4.78 is 193. The van der Waals surface area contributed by atoms with Crippen LogP contribution in [0.15, 0.2) is 0 Å². The molecule has 0 aliphatic carbocycles. The molecule has 7 N–H and O–H groups in total. The molecule has 0 aromatic heterocycles. The van der Waals surface area contributed by atoms with E-state index in [0.717, 1.165) is 0 Å². The second-order valence-electron chi connectivity index (χ2n) is 7.96. The van der Waals surface area contributed by atoms with Crippen LogP contribution in [0.4, 0.5) is 0 Å². The molecule has 2 heterocycles. The van der Waals surface area contributed by atoms with Gasteiger partial charge in [-0.3, -0.25) is 22.8 Å². The van der Waals surface area contributed by atoms with E-state index < -0.39 is 126 Å². The molecule has 0 radical (unpaired) electrons. The first-order valence-electron chi connectivity index (χ1n) is 10.2. The van der Waals surface area contributed by atoms with Crippen LogP contribution in [0.5, 0.6) is 0 Å². The van der Waals surface area contributed by atoms with Crippen molar-refractivity contribution in [2.45, 2.75) is 55.1 Å². The summed E-state index contributed by atoms with van der Waals surface area (Å²) in [5, 5.41) is 19.9. The normalized spacial score (nSPS) is 32.9. The van der Waals surface area contributed by atoms with E-state index in [4.69, 9.17) is 32.4 Å². The maximum Gasteiger partial charge on any atom is 0.397 e. The van der Waals surface area contributed by atoms with Crippen LogP contribution < -0.4 is 0 Å². The molecule has 2 saturated heterocycles. The molecule has 0 aromatic carbocycles. The molecule has 9 unspecified atom stereocenters. The molecule has 43 heavy (non-hydrogen) atoms. The number of carbonyl (C=O) groups is 1. The summed E-state index contributed by atoms with van der Waals surface area (Å²) in [7, 11) is -27.7. The van der Waals surface area contributed by atoms with E-state index in [1.165, 1.54) is 0 Å². The summed E-state index contributed by atoms with van der Waals surface area (Å²) in [5.74, 6) is -2.22. The highest BCUT2D eigenvalue weighted by Crippen LogP contribution is 2.35. The number of ether oxygens (including phenoxy) is 3. The summed E-state index contributed by atoms with van der Waals surface area (Å²) in [6.07, 6.45) is -23.2. The Morgan fingerprint density at radius 1 is 0.581 bits per heavy atom. The van der Waals surface area contributed by atoms with E-state index in [1.54, 1.807) is 0 Å². The van der Waals surface area contributed by atoms with Crippen LogP contribution in [-0.2, 0) is 91.9 Å². The Morgan fingerprint density at radius 2 is 0.977 bits per heavy atom. The van der Waals surface area contributed by atoms with Crippen LogP contribution in [0.3, 0.4) is 0 Å². The first-order valence-corrected chi connectivity index (χ1v) is 17.1. The Kier molecular flexibility index (Phi) is 11.9. The van der Waals surface area contributed by atoms with E-state index in [0.29, 0.717) is 0 Å². The summed E-state index contributed by atoms with van der Waals surface area (Å²) >= 11 is 0. The van der Waals surface area contributed by atoms with Crippen molar-refractivity contribution < 1.29 is 115 Å². The van der Waals surface area contributed by atoms with Crippen LogP contribution >= 0.6 is 0 Å². The van der Waals surface area contributed by atoms with Crippen molar-refractivity contribution in [3.05, 3.63) is 0 Å². The SMILES string of the molecule is O=C(O)C1OC(OC2C(COS(=O)(=O)O)OC(COS(=O)(=O)O)C2OS(=O)(=O)O)C(OS(=O)(=O)O)C(O)C1OS(=O)(=O)O. The Bertz CT molecular complexity index is 1550. The first-order chi connectivity index (χ1) is 19.2. The molecule has 2 aliphatic heterocycles. The predicted molar refractivity (Wildman–Crippen MR) is 120 cm³/mol. The Morgan fingerprint density at radius 3 is 1.37 bits per heavy atom. The lowest BCUT2D eigenvalue weighted by molar-refractivity contribution is -0.302. The fourth-order valence-electron chi connectivity index (χ4n) is 3.58. The maximum absolute atomic E-state index is 11.7. The average molecular weight is 741 g/mol. The minimum atomic E-state index is -5.73. The third-order valence-electron chi connectivity index (χ3n) is 4.92. The molecule has 2 aliphatic rings. The maximum atomic E-state index is 11.7. The van der Waals surface area contributed by atoms with Crippen molar-refractivity contribution in [1.29, 1.82) is 0 Å². The zero-order valence-corrected chi connectivity index (χ0v) is 24.1. The lowest BCUT2D eigenvalue weighted by Crippen LogP contribution is -2.63. The number of aliphatic hydroxyl groups excluding tert-OH is 1. The second kappa shape index (κ2) is 13.6. The number of carboxylic acid groups (broad SMARTS) is 1. The average Bonchev–Trinajstić information content (AvgIpc) is 3.07. The number of carboxylic acids is 1. The van der Waals surface area contributed by atoms with E-state index in [9.17, 15) is 61.6 Å². The van der Waals surface area contributed by atoms with Gasteiger partial charge in [-0.25, -0.2) is 25.7 Å². The quantitative estimate of drug-likeness (QED) is 0.0770. The molecule has 0 bridgehead atoms. The van der Waals surface area contributed by atoms with Crippen LogP contribution in [0.1, 0.15) is 0 Å². The smallest absolute Gasteiger partial charge is 0.397 e. The van der Waals surface area contributed by atoms with Crippen molar-refractivity contribution >= 4 is 58.0 Å². The molecule has 2 fully saturated rings. The number of hydrogen-bond donors (Lipinski definition) is 7. The van der Waals surface area contributed by atoms with E-state index >= 15 is 0 Å². The van der Waals surface area contributed by atoms with Gasteiger partial charge in [0.2, 0.25) is 0 Å². The number of hydrogen-bond acceptors (Lipinski definition) is 20. The number of aliphatic hydroxyl groups is 1. The van der Waals surface area contributed by atoms with Gasteiger partial charge in [0.05, 0.1) is 13.2 Å². The summed E-state index contributed by atoms with van der Waals surface area (Å²) in [6, 6.07) is 0. The van der Waals surface area contributed by atoms with Crippen molar-refractivity contribution in [2.75, 3.05) is 13.2 Å². The molecule has 254 valence electrons. The third-order valence-corrected chi connectivity index (χ3v) is 7.19. The highest BCUT2D eigenvalue weighted by Gasteiger charge is 2.57. The van der Waals surface area contributed by atoms with Gasteiger partial charge in [-0.05, 0) is 0 Å². The topological polar surface area (TPSA) is 403 Å². The molecule has 2 rings (SSSR count). The molecule has 0 saturated carbocycles. The van der Waals surface area contributed by atoms with Gasteiger partial charge < -0.3 is 24.4 Å². The van der Waals surface area contributed by atoms with E-state index in [2.05, 4.69) is 20.9 Å². The monoisotopic (exact) mass is 740 g/mol. The summed E-state index contributed by atoms with van der Waals surface area (Å²) in [5.41, 5.74) is 0. The second-order valence-corrected chi connectivity index (χ2v) is 13.3. The van der Waals surface area contributed by atoms with Crippen LogP contribution in [0, 0.1) is 0 Å². The summed E-state index contributed by atoms with van der Waals surface area (Å²) in [6.45, 7) is -2.87. The molecular formula is C12H20O26S5. The highest BCUT2D eigenvalue weighted by molar-refractivity contribution is 7.81. The fraction of sp³-hybridized carbons (Fsp3) is 0.917. The Balaban J connectivity index is 2.62. The van der Waals surface area contributed by atoms with Gasteiger partial charge in [-0.1, -0.05) is 0 Å². The van der Waals surface area contributed by atoms with Gasteiger partial charge in [-0.15, -0.1) is 0 Å².